The monoisotopic (exact) mass is 186 g/mol. The molecule has 2 bridgehead atoms. The second-order valence-corrected chi connectivity index (χ2v) is 5.75. The third-order valence-electron chi connectivity index (χ3n) is 2.70. The van der Waals surface area contributed by atoms with Crippen molar-refractivity contribution in [3.05, 3.63) is 0 Å². The molecule has 0 aromatic heterocycles. The van der Waals surface area contributed by atoms with E-state index in [-0.39, 0.29) is 17.0 Å². The summed E-state index contributed by atoms with van der Waals surface area (Å²) < 4.78 is 22.5. The lowest BCUT2D eigenvalue weighted by Crippen LogP contribution is -2.40. The molecule has 0 saturated carbocycles. The maximum atomic E-state index is 11.3. The van der Waals surface area contributed by atoms with Crippen LogP contribution in [0.1, 0.15) is 6.42 Å². The summed E-state index contributed by atoms with van der Waals surface area (Å²) in [4.78, 5) is 1.96. The van der Waals surface area contributed by atoms with Gasteiger partial charge in [-0.15, -0.1) is 0 Å². The van der Waals surface area contributed by atoms with E-state index in [2.05, 4.69) is 6.07 Å². The lowest BCUT2D eigenvalue weighted by molar-refractivity contribution is 0.297. The molecule has 0 amide bonds. The van der Waals surface area contributed by atoms with Crippen LogP contribution in [0.25, 0.3) is 0 Å². The van der Waals surface area contributed by atoms with E-state index in [9.17, 15) is 8.42 Å². The van der Waals surface area contributed by atoms with Gasteiger partial charge in [-0.1, -0.05) is 0 Å². The van der Waals surface area contributed by atoms with Gasteiger partial charge in [-0.25, -0.2) is 8.42 Å². The zero-order valence-corrected chi connectivity index (χ0v) is 7.42. The van der Waals surface area contributed by atoms with Gasteiger partial charge in [0.05, 0.1) is 23.6 Å². The summed E-state index contributed by atoms with van der Waals surface area (Å²) in [6.45, 7) is 0.942. The van der Waals surface area contributed by atoms with Crippen LogP contribution in [0.5, 0.6) is 0 Å². The fourth-order valence-electron chi connectivity index (χ4n) is 2.06. The molecule has 0 N–H and O–H groups in total. The van der Waals surface area contributed by atoms with Crippen LogP contribution in [-0.4, -0.2) is 43.5 Å². The average Bonchev–Trinajstić information content (AvgIpc) is 2.44. The van der Waals surface area contributed by atoms with Gasteiger partial charge in [-0.05, 0) is 6.42 Å². The third-order valence-corrected chi connectivity index (χ3v) is 4.90. The number of likely N-dealkylation sites (tertiary alicyclic amines) is 1. The quantitative estimate of drug-likeness (QED) is 0.512. The van der Waals surface area contributed by atoms with Gasteiger partial charge in [0, 0.05) is 12.6 Å². The van der Waals surface area contributed by atoms with E-state index in [0.717, 1.165) is 6.42 Å². The zero-order chi connectivity index (χ0) is 8.77. The van der Waals surface area contributed by atoms with Crippen molar-refractivity contribution in [2.24, 2.45) is 0 Å². The summed E-state index contributed by atoms with van der Waals surface area (Å²) in [5, 5.41) is 8.26. The smallest absolute Gasteiger partial charge is 0.156 e. The molecular weight excluding hydrogens is 176 g/mol. The molecule has 2 aliphatic heterocycles. The Morgan fingerprint density at radius 1 is 1.58 bits per heavy atom. The average molecular weight is 186 g/mol. The molecule has 0 radical (unpaired) electrons. The van der Waals surface area contributed by atoms with Crippen LogP contribution < -0.4 is 0 Å². The first-order chi connectivity index (χ1) is 5.63. The summed E-state index contributed by atoms with van der Waals surface area (Å²) in [5.41, 5.74) is 0. The molecular formula is C7H10N2O2S. The molecule has 2 rings (SSSR count). The van der Waals surface area contributed by atoms with Crippen molar-refractivity contribution in [1.82, 2.24) is 4.90 Å². The van der Waals surface area contributed by atoms with E-state index >= 15 is 0 Å². The molecule has 0 spiro atoms. The number of nitrogens with zero attached hydrogens (tertiary/aromatic N) is 2. The van der Waals surface area contributed by atoms with Crippen molar-refractivity contribution in [1.29, 1.82) is 5.26 Å². The molecule has 0 aromatic carbocycles. The number of sulfone groups is 1. The van der Waals surface area contributed by atoms with Gasteiger partial charge < -0.3 is 0 Å². The van der Waals surface area contributed by atoms with Crippen molar-refractivity contribution in [3.8, 4) is 6.07 Å². The molecule has 2 unspecified atom stereocenters. The largest absolute Gasteiger partial charge is 0.285 e. The van der Waals surface area contributed by atoms with Crippen molar-refractivity contribution < 1.29 is 8.42 Å². The standard InChI is InChI=1S/C7H10N2O2S/c8-1-2-9-4-7-3-6(9)5-12(7,10)11/h6-7H,2-5H2. The number of hydrogen-bond acceptors (Lipinski definition) is 4. The number of fused-ring (bicyclic) bond motifs is 2. The predicted octanol–water partition coefficient (Wildman–Crippen LogP) is -0.619. The van der Waals surface area contributed by atoms with Crippen molar-refractivity contribution in [2.75, 3.05) is 18.8 Å². The van der Waals surface area contributed by atoms with Crippen LogP contribution in [0.3, 0.4) is 0 Å². The van der Waals surface area contributed by atoms with E-state index < -0.39 is 9.84 Å². The Hall–Kier alpha value is -0.600. The highest BCUT2D eigenvalue weighted by molar-refractivity contribution is 7.92. The van der Waals surface area contributed by atoms with E-state index in [1.807, 2.05) is 4.90 Å². The second-order valence-electron chi connectivity index (χ2n) is 3.43. The maximum Gasteiger partial charge on any atom is 0.156 e. The highest BCUT2D eigenvalue weighted by Crippen LogP contribution is 2.32. The van der Waals surface area contributed by atoms with Crippen molar-refractivity contribution >= 4 is 9.84 Å². The fraction of sp³-hybridized carbons (Fsp3) is 0.857. The summed E-state index contributed by atoms with van der Waals surface area (Å²) in [6, 6.07) is 2.18. The highest BCUT2D eigenvalue weighted by Gasteiger charge is 2.47. The topological polar surface area (TPSA) is 61.2 Å². The van der Waals surface area contributed by atoms with Crippen molar-refractivity contribution in [2.45, 2.75) is 17.7 Å². The Morgan fingerprint density at radius 3 is 2.75 bits per heavy atom. The van der Waals surface area contributed by atoms with Crippen molar-refractivity contribution in [3.63, 3.8) is 0 Å². The summed E-state index contributed by atoms with van der Waals surface area (Å²) in [6.07, 6.45) is 0.740. The van der Waals surface area contributed by atoms with Gasteiger partial charge in [-0.2, -0.15) is 5.26 Å². The minimum absolute atomic E-state index is 0.125. The Bertz CT molecular complexity index is 330. The lowest BCUT2D eigenvalue weighted by atomic mass is 10.2. The first-order valence-corrected chi connectivity index (χ1v) is 5.67. The minimum atomic E-state index is -2.79. The molecule has 66 valence electrons. The fourth-order valence-corrected chi connectivity index (χ4v) is 4.15. The molecule has 12 heavy (non-hydrogen) atoms. The Kier molecular flexibility index (Phi) is 1.63. The van der Waals surface area contributed by atoms with Gasteiger partial charge in [0.2, 0.25) is 0 Å². The Balaban J connectivity index is 2.14. The number of rotatable bonds is 1. The van der Waals surface area contributed by atoms with Gasteiger partial charge in [0.25, 0.3) is 0 Å². The zero-order valence-electron chi connectivity index (χ0n) is 6.60. The Labute approximate surface area is 71.7 Å². The minimum Gasteiger partial charge on any atom is -0.285 e. The number of hydrogen-bond donors (Lipinski definition) is 0. The molecule has 0 aromatic rings. The molecule has 2 atom stereocenters. The molecule has 2 saturated heterocycles. The van der Waals surface area contributed by atoms with Gasteiger partial charge >= 0.3 is 0 Å². The van der Waals surface area contributed by atoms with E-state index in [1.54, 1.807) is 0 Å². The lowest BCUT2D eigenvalue weighted by Gasteiger charge is -2.23. The third kappa shape index (κ3) is 1.03. The first kappa shape index (κ1) is 8.02. The predicted molar refractivity (Wildman–Crippen MR) is 43.2 cm³/mol. The van der Waals surface area contributed by atoms with Gasteiger partial charge in [0.1, 0.15) is 0 Å². The molecule has 4 nitrogen and oxygen atoms in total. The SMILES string of the molecule is N#CCN1CC2CC1CS2(=O)=O. The summed E-state index contributed by atoms with van der Waals surface area (Å²) in [7, 11) is -2.79. The molecule has 0 aliphatic carbocycles. The Morgan fingerprint density at radius 2 is 2.33 bits per heavy atom. The van der Waals surface area contributed by atoms with Gasteiger partial charge in [0.15, 0.2) is 9.84 Å². The normalized spacial score (nSPS) is 38.2. The second kappa shape index (κ2) is 2.44. The molecule has 2 fully saturated rings. The van der Waals surface area contributed by atoms with Crippen LogP contribution >= 0.6 is 0 Å². The van der Waals surface area contributed by atoms with Crippen LogP contribution in [0, 0.1) is 11.3 Å². The molecule has 2 aliphatic rings. The van der Waals surface area contributed by atoms with E-state index in [4.69, 9.17) is 5.26 Å². The van der Waals surface area contributed by atoms with E-state index in [0.29, 0.717) is 13.1 Å². The first-order valence-electron chi connectivity index (χ1n) is 3.96. The van der Waals surface area contributed by atoms with Gasteiger partial charge in [-0.3, -0.25) is 4.90 Å². The van der Waals surface area contributed by atoms with Crippen LogP contribution in [-0.2, 0) is 9.84 Å². The van der Waals surface area contributed by atoms with E-state index in [1.165, 1.54) is 0 Å². The molecule has 2 heterocycles. The van der Waals surface area contributed by atoms with Crippen LogP contribution in [0.4, 0.5) is 0 Å². The maximum absolute atomic E-state index is 11.3. The van der Waals surface area contributed by atoms with Crippen LogP contribution in [0.15, 0.2) is 0 Å². The molecule has 5 heteroatoms. The highest BCUT2D eigenvalue weighted by atomic mass is 32.2. The van der Waals surface area contributed by atoms with Crippen LogP contribution in [0.2, 0.25) is 0 Å². The number of nitriles is 1. The summed E-state index contributed by atoms with van der Waals surface area (Å²) >= 11 is 0. The summed E-state index contributed by atoms with van der Waals surface area (Å²) in [5.74, 6) is 0.263.